The molecule has 0 aliphatic carbocycles. The van der Waals surface area contributed by atoms with Crippen molar-refractivity contribution in [2.45, 2.75) is 42.4 Å². The molecule has 1 aromatic rings. The van der Waals surface area contributed by atoms with Gasteiger partial charge < -0.3 is 19.9 Å². The molecule has 9 nitrogen and oxygen atoms in total. The molecule has 2 fully saturated rings. The Hall–Kier alpha value is -1.63. The number of aliphatic hydroxyl groups is 1. The molecular weight excluding hydrogens is 429 g/mol. The predicted octanol–water partition coefficient (Wildman–Crippen LogP) is -0.149. The van der Waals surface area contributed by atoms with E-state index in [1.165, 1.54) is 12.1 Å². The van der Waals surface area contributed by atoms with E-state index in [1.54, 1.807) is 0 Å². The number of morpholine rings is 1. The number of carbonyl (C=O) groups excluding carboxylic acids is 1. The number of halogens is 1. The Morgan fingerprint density at radius 3 is 2.58 bits per heavy atom. The van der Waals surface area contributed by atoms with E-state index < -0.39 is 28.0 Å². The highest BCUT2D eigenvalue weighted by Gasteiger charge is 2.33. The molecule has 3 N–H and O–H groups in total. The zero-order valence-electron chi connectivity index (χ0n) is 17.3. The van der Waals surface area contributed by atoms with Gasteiger partial charge in [0.15, 0.2) is 0 Å². The molecule has 1 amide bonds. The van der Waals surface area contributed by atoms with Gasteiger partial charge in [-0.2, -0.15) is 0 Å². The van der Waals surface area contributed by atoms with Crippen molar-refractivity contribution in [3.05, 3.63) is 30.1 Å². The SMILES string of the molecule is O=C(CN1CCOCC1)NCC[C@H]1CC[C@H](NS(=O)(=O)c2ccc(F)cc2)[C@H](CO)O1. The van der Waals surface area contributed by atoms with Gasteiger partial charge in [0.2, 0.25) is 15.9 Å². The van der Waals surface area contributed by atoms with E-state index in [0.717, 1.165) is 25.2 Å². The number of sulfonamides is 1. The predicted molar refractivity (Wildman–Crippen MR) is 110 cm³/mol. The number of nitrogens with one attached hydrogen (secondary N) is 2. The standard InChI is InChI=1S/C20H30FN3O6S/c21-15-1-4-17(5-2-15)31(27,28)23-18-6-3-16(30-19(18)14-25)7-8-22-20(26)13-24-9-11-29-12-10-24/h1-2,4-5,16,18-19,23,25H,3,6-14H2,(H,22,26)/t16-,18+,19+/m1/s1. The van der Waals surface area contributed by atoms with E-state index in [2.05, 4.69) is 10.0 Å². The summed E-state index contributed by atoms with van der Waals surface area (Å²) in [5, 5.41) is 12.6. The normalized spacial score (nSPS) is 25.3. The summed E-state index contributed by atoms with van der Waals surface area (Å²) < 4.78 is 51.8. The summed E-state index contributed by atoms with van der Waals surface area (Å²) in [7, 11) is -3.86. The van der Waals surface area contributed by atoms with Crippen LogP contribution in [0.2, 0.25) is 0 Å². The van der Waals surface area contributed by atoms with Gasteiger partial charge in [-0.25, -0.2) is 17.5 Å². The molecule has 31 heavy (non-hydrogen) atoms. The second kappa shape index (κ2) is 11.3. The van der Waals surface area contributed by atoms with Gasteiger partial charge in [-0.1, -0.05) is 0 Å². The maximum Gasteiger partial charge on any atom is 0.240 e. The van der Waals surface area contributed by atoms with Crippen LogP contribution in [0.15, 0.2) is 29.2 Å². The first-order chi connectivity index (χ1) is 14.9. The van der Waals surface area contributed by atoms with Crippen molar-refractivity contribution in [2.75, 3.05) is 46.0 Å². The average Bonchev–Trinajstić information content (AvgIpc) is 2.75. The maximum atomic E-state index is 13.1. The van der Waals surface area contributed by atoms with Crippen LogP contribution in [-0.4, -0.2) is 88.6 Å². The molecule has 11 heteroatoms. The van der Waals surface area contributed by atoms with Gasteiger partial charge in [-0.15, -0.1) is 0 Å². The topological polar surface area (TPSA) is 117 Å². The van der Waals surface area contributed by atoms with Gasteiger partial charge in [-0.3, -0.25) is 9.69 Å². The van der Waals surface area contributed by atoms with Crippen LogP contribution < -0.4 is 10.0 Å². The molecule has 3 atom stereocenters. The molecule has 2 aliphatic rings. The Balaban J connectivity index is 1.43. The van der Waals surface area contributed by atoms with Gasteiger partial charge in [-0.05, 0) is 43.5 Å². The molecule has 1 aromatic carbocycles. The van der Waals surface area contributed by atoms with Crippen LogP contribution in [0.25, 0.3) is 0 Å². The molecule has 0 saturated carbocycles. The smallest absolute Gasteiger partial charge is 0.240 e. The van der Waals surface area contributed by atoms with Gasteiger partial charge in [0.1, 0.15) is 5.82 Å². The van der Waals surface area contributed by atoms with Crippen LogP contribution in [0, 0.1) is 5.82 Å². The summed E-state index contributed by atoms with van der Waals surface area (Å²) in [6.45, 7) is 3.20. The van der Waals surface area contributed by atoms with Crippen LogP contribution in [0.4, 0.5) is 4.39 Å². The number of ether oxygens (including phenoxy) is 2. The monoisotopic (exact) mass is 459 g/mol. The number of carbonyl (C=O) groups is 1. The zero-order chi connectivity index (χ0) is 22.3. The summed E-state index contributed by atoms with van der Waals surface area (Å²) >= 11 is 0. The van der Waals surface area contributed by atoms with E-state index in [0.29, 0.717) is 45.6 Å². The minimum absolute atomic E-state index is 0.0457. The summed E-state index contributed by atoms with van der Waals surface area (Å²) in [5.41, 5.74) is 0. The molecule has 2 aliphatic heterocycles. The maximum absolute atomic E-state index is 13.1. The molecule has 2 heterocycles. The van der Waals surface area contributed by atoms with Crippen molar-refractivity contribution in [3.63, 3.8) is 0 Å². The number of aliphatic hydroxyl groups excluding tert-OH is 1. The minimum Gasteiger partial charge on any atom is -0.394 e. The molecule has 2 saturated heterocycles. The highest BCUT2D eigenvalue weighted by molar-refractivity contribution is 7.89. The van der Waals surface area contributed by atoms with Crippen molar-refractivity contribution in [3.8, 4) is 0 Å². The Bertz CT molecular complexity index is 817. The summed E-state index contributed by atoms with van der Waals surface area (Å²) in [5.74, 6) is -0.575. The minimum atomic E-state index is -3.86. The lowest BCUT2D eigenvalue weighted by Gasteiger charge is -2.36. The Labute approximate surface area is 181 Å². The second-order valence-electron chi connectivity index (χ2n) is 7.77. The van der Waals surface area contributed by atoms with Crippen molar-refractivity contribution < 1.29 is 32.2 Å². The number of benzene rings is 1. The van der Waals surface area contributed by atoms with Crippen molar-refractivity contribution >= 4 is 15.9 Å². The molecule has 0 spiro atoms. The fourth-order valence-corrected chi connectivity index (χ4v) is 5.05. The third kappa shape index (κ3) is 7.19. The number of amides is 1. The second-order valence-corrected chi connectivity index (χ2v) is 9.48. The third-order valence-electron chi connectivity index (χ3n) is 5.49. The van der Waals surface area contributed by atoms with Crippen molar-refractivity contribution in [1.29, 1.82) is 0 Å². The third-order valence-corrected chi connectivity index (χ3v) is 6.99. The fraction of sp³-hybridized carbons (Fsp3) is 0.650. The molecule has 0 radical (unpaired) electrons. The molecule has 0 unspecified atom stereocenters. The Morgan fingerprint density at radius 2 is 1.90 bits per heavy atom. The van der Waals surface area contributed by atoms with E-state index >= 15 is 0 Å². The summed E-state index contributed by atoms with van der Waals surface area (Å²) in [4.78, 5) is 14.1. The van der Waals surface area contributed by atoms with Crippen LogP contribution in [0.3, 0.4) is 0 Å². The molecule has 0 bridgehead atoms. The van der Waals surface area contributed by atoms with Gasteiger partial charge in [0.25, 0.3) is 0 Å². The quantitative estimate of drug-likeness (QED) is 0.470. The molecule has 3 rings (SSSR count). The lowest BCUT2D eigenvalue weighted by Crippen LogP contribution is -2.51. The van der Waals surface area contributed by atoms with Crippen molar-refractivity contribution in [1.82, 2.24) is 14.9 Å². The zero-order valence-corrected chi connectivity index (χ0v) is 18.2. The Morgan fingerprint density at radius 1 is 1.19 bits per heavy atom. The lowest BCUT2D eigenvalue weighted by atomic mass is 9.98. The van der Waals surface area contributed by atoms with Gasteiger partial charge in [0.05, 0.1) is 49.5 Å². The first-order valence-electron chi connectivity index (χ1n) is 10.5. The van der Waals surface area contributed by atoms with Crippen LogP contribution in [0.5, 0.6) is 0 Å². The summed E-state index contributed by atoms with van der Waals surface area (Å²) in [6, 6.07) is 3.96. The Kier molecular flexibility index (Phi) is 8.76. The van der Waals surface area contributed by atoms with Gasteiger partial charge >= 0.3 is 0 Å². The molecule has 174 valence electrons. The number of hydrogen-bond donors (Lipinski definition) is 3. The highest BCUT2D eigenvalue weighted by Crippen LogP contribution is 2.23. The first kappa shape index (κ1) is 24.0. The lowest BCUT2D eigenvalue weighted by molar-refractivity contribution is -0.123. The van der Waals surface area contributed by atoms with Crippen molar-refractivity contribution in [2.24, 2.45) is 0 Å². The van der Waals surface area contributed by atoms with E-state index in [9.17, 15) is 22.7 Å². The van der Waals surface area contributed by atoms with E-state index in [1.807, 2.05) is 4.90 Å². The molecular formula is C20H30FN3O6S. The fourth-order valence-electron chi connectivity index (χ4n) is 3.75. The molecule has 0 aromatic heterocycles. The van der Waals surface area contributed by atoms with Gasteiger partial charge in [0, 0.05) is 19.6 Å². The van der Waals surface area contributed by atoms with Crippen LogP contribution >= 0.6 is 0 Å². The average molecular weight is 460 g/mol. The highest BCUT2D eigenvalue weighted by atomic mass is 32.2. The number of nitrogens with zero attached hydrogens (tertiary/aromatic N) is 1. The van der Waals surface area contributed by atoms with E-state index in [4.69, 9.17) is 9.47 Å². The summed E-state index contributed by atoms with van der Waals surface area (Å²) in [6.07, 6.45) is 0.762. The van der Waals surface area contributed by atoms with Crippen LogP contribution in [0.1, 0.15) is 19.3 Å². The number of rotatable bonds is 9. The van der Waals surface area contributed by atoms with E-state index in [-0.39, 0.29) is 23.5 Å². The first-order valence-corrected chi connectivity index (χ1v) is 12.0. The number of hydrogen-bond acceptors (Lipinski definition) is 7. The largest absolute Gasteiger partial charge is 0.394 e. The van der Waals surface area contributed by atoms with Crippen LogP contribution in [-0.2, 0) is 24.3 Å².